The Balaban J connectivity index is 2.12. The van der Waals surface area contributed by atoms with Gasteiger partial charge in [0.05, 0.1) is 12.7 Å². The van der Waals surface area contributed by atoms with Gasteiger partial charge in [-0.15, -0.1) is 0 Å². The topological polar surface area (TPSA) is 44.1 Å². The summed E-state index contributed by atoms with van der Waals surface area (Å²) in [5.41, 5.74) is 4.10. The number of ether oxygens (including phenoxy) is 1. The second kappa shape index (κ2) is 5.85. The Morgan fingerprint density at radius 2 is 1.82 bits per heavy atom. The zero-order valence-corrected chi connectivity index (χ0v) is 12.5. The number of aryl methyl sites for hydroxylation is 1. The summed E-state index contributed by atoms with van der Waals surface area (Å²) in [6.07, 6.45) is 2.55. The molecule has 0 amide bonds. The lowest BCUT2D eigenvalue weighted by atomic mass is 10.1. The Bertz CT molecular complexity index is 804. The summed E-state index contributed by atoms with van der Waals surface area (Å²) >= 11 is 0. The van der Waals surface area contributed by atoms with E-state index in [0.717, 1.165) is 17.5 Å². The highest BCUT2D eigenvalue weighted by Crippen LogP contribution is 2.26. The van der Waals surface area contributed by atoms with Crippen molar-refractivity contribution in [1.29, 1.82) is 0 Å². The first kappa shape index (κ1) is 14.1. The van der Waals surface area contributed by atoms with E-state index < -0.39 is 0 Å². The molecule has 0 fully saturated rings. The van der Waals surface area contributed by atoms with Gasteiger partial charge in [0, 0.05) is 11.8 Å². The number of methoxy groups -OCH3 is 1. The van der Waals surface area contributed by atoms with Gasteiger partial charge in [-0.3, -0.25) is 4.79 Å². The van der Waals surface area contributed by atoms with Crippen LogP contribution in [-0.2, 0) is 0 Å². The van der Waals surface area contributed by atoms with E-state index in [9.17, 15) is 4.79 Å². The summed E-state index contributed by atoms with van der Waals surface area (Å²) in [4.78, 5) is 11.4. The van der Waals surface area contributed by atoms with Crippen molar-refractivity contribution < 1.29 is 9.53 Å². The van der Waals surface area contributed by atoms with E-state index in [1.165, 1.54) is 5.56 Å². The number of carbonyl (C=O) groups excluding carboxylic acids is 1. The lowest BCUT2D eigenvalue weighted by Gasteiger charge is -2.07. The fourth-order valence-electron chi connectivity index (χ4n) is 2.35. The van der Waals surface area contributed by atoms with Gasteiger partial charge in [0.15, 0.2) is 6.29 Å². The molecule has 0 N–H and O–H groups in total. The number of hydrogen-bond donors (Lipinski definition) is 0. The molecule has 0 aliphatic carbocycles. The Kier molecular flexibility index (Phi) is 3.74. The Hall–Kier alpha value is -2.88. The van der Waals surface area contributed by atoms with Crippen LogP contribution >= 0.6 is 0 Å². The standard InChI is InChI=1S/C18H16N2O2/c1-13-7-9-14(10-8-13)18-15(12-21)11-20(19-18)16-5-3-4-6-17(16)22-2/h3-12H,1-2H3. The van der Waals surface area contributed by atoms with E-state index in [1.807, 2.05) is 55.5 Å². The summed E-state index contributed by atoms with van der Waals surface area (Å²) in [5, 5.41) is 4.57. The van der Waals surface area contributed by atoms with Crippen molar-refractivity contribution in [3.05, 3.63) is 65.9 Å². The van der Waals surface area contributed by atoms with Gasteiger partial charge in [-0.1, -0.05) is 42.0 Å². The molecule has 4 nitrogen and oxygen atoms in total. The van der Waals surface area contributed by atoms with Crippen LogP contribution in [0.5, 0.6) is 5.75 Å². The van der Waals surface area contributed by atoms with Crippen LogP contribution in [0.15, 0.2) is 54.7 Å². The van der Waals surface area contributed by atoms with E-state index in [4.69, 9.17) is 4.74 Å². The molecule has 4 heteroatoms. The number of nitrogens with zero attached hydrogens (tertiary/aromatic N) is 2. The van der Waals surface area contributed by atoms with Crippen LogP contribution in [0.1, 0.15) is 15.9 Å². The van der Waals surface area contributed by atoms with Crippen molar-refractivity contribution in [2.45, 2.75) is 6.92 Å². The normalized spacial score (nSPS) is 10.5. The van der Waals surface area contributed by atoms with Crippen LogP contribution < -0.4 is 4.74 Å². The smallest absolute Gasteiger partial charge is 0.153 e. The average molecular weight is 292 g/mol. The van der Waals surface area contributed by atoms with E-state index in [1.54, 1.807) is 18.0 Å². The molecule has 1 heterocycles. The molecule has 110 valence electrons. The van der Waals surface area contributed by atoms with Gasteiger partial charge in [0.1, 0.15) is 17.1 Å². The Morgan fingerprint density at radius 3 is 2.50 bits per heavy atom. The molecule has 2 aromatic carbocycles. The number of rotatable bonds is 4. The van der Waals surface area contributed by atoms with Gasteiger partial charge >= 0.3 is 0 Å². The minimum absolute atomic E-state index is 0.551. The van der Waals surface area contributed by atoms with Gasteiger partial charge in [-0.2, -0.15) is 5.10 Å². The average Bonchev–Trinajstić information content (AvgIpc) is 2.99. The number of aldehydes is 1. The van der Waals surface area contributed by atoms with Crippen molar-refractivity contribution in [1.82, 2.24) is 9.78 Å². The highest BCUT2D eigenvalue weighted by atomic mass is 16.5. The minimum Gasteiger partial charge on any atom is -0.494 e. The third-order valence-electron chi connectivity index (χ3n) is 3.53. The molecule has 0 spiro atoms. The molecule has 0 atom stereocenters. The summed E-state index contributed by atoms with van der Waals surface area (Å²) in [7, 11) is 1.61. The van der Waals surface area contributed by atoms with Crippen LogP contribution in [0.4, 0.5) is 0 Å². The fraction of sp³-hybridized carbons (Fsp3) is 0.111. The SMILES string of the molecule is COc1ccccc1-n1cc(C=O)c(-c2ccc(C)cc2)n1. The summed E-state index contributed by atoms with van der Waals surface area (Å²) in [6.45, 7) is 2.03. The largest absolute Gasteiger partial charge is 0.494 e. The third kappa shape index (κ3) is 2.51. The molecule has 1 aromatic heterocycles. The monoisotopic (exact) mass is 292 g/mol. The minimum atomic E-state index is 0.551. The van der Waals surface area contributed by atoms with E-state index in [-0.39, 0.29) is 0 Å². The summed E-state index contributed by atoms with van der Waals surface area (Å²) in [5.74, 6) is 0.706. The molecule has 0 aliphatic rings. The molecule has 0 saturated carbocycles. The summed E-state index contributed by atoms with van der Waals surface area (Å²) < 4.78 is 7.03. The first-order valence-electron chi connectivity index (χ1n) is 6.98. The maximum atomic E-state index is 11.4. The highest BCUT2D eigenvalue weighted by Gasteiger charge is 2.13. The number of para-hydroxylation sites is 2. The first-order valence-corrected chi connectivity index (χ1v) is 6.98. The van der Waals surface area contributed by atoms with Crippen LogP contribution in [-0.4, -0.2) is 23.2 Å². The highest BCUT2D eigenvalue weighted by molar-refractivity contribution is 5.85. The Labute approximate surface area is 129 Å². The zero-order valence-electron chi connectivity index (χ0n) is 12.5. The molecule has 0 radical (unpaired) electrons. The summed E-state index contributed by atoms with van der Waals surface area (Å²) in [6, 6.07) is 15.5. The molecule has 3 rings (SSSR count). The van der Waals surface area contributed by atoms with Crippen LogP contribution in [0.2, 0.25) is 0 Å². The van der Waals surface area contributed by atoms with Gasteiger partial charge in [-0.05, 0) is 19.1 Å². The van der Waals surface area contributed by atoms with Crippen LogP contribution in [0.3, 0.4) is 0 Å². The van der Waals surface area contributed by atoms with Crippen molar-refractivity contribution in [2.24, 2.45) is 0 Å². The molecular weight excluding hydrogens is 276 g/mol. The fourth-order valence-corrected chi connectivity index (χ4v) is 2.35. The lowest BCUT2D eigenvalue weighted by Crippen LogP contribution is -1.98. The molecule has 22 heavy (non-hydrogen) atoms. The van der Waals surface area contributed by atoms with Gasteiger partial charge < -0.3 is 4.74 Å². The first-order chi connectivity index (χ1) is 10.7. The van der Waals surface area contributed by atoms with Crippen LogP contribution in [0.25, 0.3) is 16.9 Å². The number of aromatic nitrogens is 2. The molecule has 3 aromatic rings. The molecule has 0 unspecified atom stereocenters. The predicted octanol–water partition coefficient (Wildman–Crippen LogP) is 3.67. The maximum absolute atomic E-state index is 11.4. The second-order valence-electron chi connectivity index (χ2n) is 5.03. The molecule has 0 aliphatic heterocycles. The van der Waals surface area contributed by atoms with E-state index in [2.05, 4.69) is 5.10 Å². The number of benzene rings is 2. The number of hydrogen-bond acceptors (Lipinski definition) is 3. The molecular formula is C18H16N2O2. The van der Waals surface area contributed by atoms with Crippen molar-refractivity contribution in [2.75, 3.05) is 7.11 Å². The van der Waals surface area contributed by atoms with Crippen molar-refractivity contribution in [3.8, 4) is 22.7 Å². The predicted molar refractivity (Wildman–Crippen MR) is 85.7 cm³/mol. The number of carbonyl (C=O) groups is 1. The third-order valence-corrected chi connectivity index (χ3v) is 3.53. The van der Waals surface area contributed by atoms with Crippen LogP contribution in [0, 0.1) is 6.92 Å². The Morgan fingerprint density at radius 1 is 1.09 bits per heavy atom. The lowest BCUT2D eigenvalue weighted by molar-refractivity contribution is 0.112. The van der Waals surface area contributed by atoms with Gasteiger partial charge in [0.25, 0.3) is 0 Å². The molecule has 0 saturated heterocycles. The van der Waals surface area contributed by atoms with Gasteiger partial charge in [-0.25, -0.2) is 4.68 Å². The quantitative estimate of drug-likeness (QED) is 0.689. The molecule has 0 bridgehead atoms. The van der Waals surface area contributed by atoms with E-state index in [0.29, 0.717) is 17.0 Å². The second-order valence-corrected chi connectivity index (χ2v) is 5.03. The zero-order chi connectivity index (χ0) is 15.5. The van der Waals surface area contributed by atoms with Crippen molar-refractivity contribution in [3.63, 3.8) is 0 Å². The van der Waals surface area contributed by atoms with E-state index >= 15 is 0 Å². The van der Waals surface area contributed by atoms with Crippen molar-refractivity contribution >= 4 is 6.29 Å². The maximum Gasteiger partial charge on any atom is 0.153 e. The van der Waals surface area contributed by atoms with Gasteiger partial charge in [0.2, 0.25) is 0 Å².